The second kappa shape index (κ2) is 7.00. The molecule has 0 amide bonds. The van der Waals surface area contributed by atoms with E-state index < -0.39 is 22.4 Å². The largest absolute Gasteiger partial charge is 2.00 e. The Morgan fingerprint density at radius 1 is 1.08 bits per heavy atom. The van der Waals surface area contributed by atoms with E-state index in [-0.39, 0.29) is 37.7 Å². The third kappa shape index (κ3) is 6.11. The van der Waals surface area contributed by atoms with Gasteiger partial charge < -0.3 is 19.8 Å². The zero-order chi connectivity index (χ0) is 9.02. The predicted octanol–water partition coefficient (Wildman–Crippen LogP) is -2.38. The van der Waals surface area contributed by atoms with Gasteiger partial charge in [-0.25, -0.2) is 0 Å². The molecule has 0 aliphatic rings. The van der Waals surface area contributed by atoms with Crippen molar-refractivity contribution in [2.45, 2.75) is 24.3 Å². The zero-order valence-electron chi connectivity index (χ0n) is 6.90. The number of carboxylic acids is 2. The third-order valence-corrected chi connectivity index (χ3v) is 2.27. The summed E-state index contributed by atoms with van der Waals surface area (Å²) in [5, 5.41) is 18.6. The number of aliphatic carboxylic acids is 2. The summed E-state index contributed by atoms with van der Waals surface area (Å²) in [5.41, 5.74) is 0. The molecule has 2 unspecified atom stereocenters. The molecule has 0 bridgehead atoms. The van der Waals surface area contributed by atoms with Crippen LogP contribution >= 0.6 is 11.8 Å². The number of rotatable bonds is 4. The van der Waals surface area contributed by atoms with Gasteiger partial charge in [-0.15, -0.1) is 11.8 Å². The van der Waals surface area contributed by atoms with Gasteiger partial charge in [-0.3, -0.25) is 0 Å². The van der Waals surface area contributed by atoms with Crippen molar-refractivity contribution in [3.05, 3.63) is 0 Å². The maximum absolute atomic E-state index is 10.1. The fraction of sp³-hybridized carbons (Fsp3) is 0.667. The van der Waals surface area contributed by atoms with Gasteiger partial charge in [-0.05, 0) is 13.8 Å². The molecule has 0 aromatic carbocycles. The number of carbonyl (C=O) groups excluding carboxylic acids is 2. The van der Waals surface area contributed by atoms with Crippen LogP contribution in [0.25, 0.3) is 0 Å². The van der Waals surface area contributed by atoms with Gasteiger partial charge in [0, 0.05) is 10.5 Å². The van der Waals surface area contributed by atoms with Gasteiger partial charge in [0.2, 0.25) is 0 Å². The first-order valence-electron chi connectivity index (χ1n) is 3.02. The minimum absolute atomic E-state index is 0. The van der Waals surface area contributed by atoms with Crippen LogP contribution in [0.3, 0.4) is 0 Å². The van der Waals surface area contributed by atoms with Crippen LogP contribution in [-0.2, 0) is 9.59 Å². The normalized spacial score (nSPS) is 14.2. The first kappa shape index (κ1) is 15.0. The van der Waals surface area contributed by atoms with E-state index in [1.807, 2.05) is 0 Å². The van der Waals surface area contributed by atoms with Crippen molar-refractivity contribution in [1.29, 1.82) is 0 Å². The Kier molecular flexibility index (Phi) is 8.78. The smallest absolute Gasteiger partial charge is 0.549 e. The second-order valence-electron chi connectivity index (χ2n) is 2.06. The molecule has 0 spiro atoms. The fourth-order valence-corrected chi connectivity index (χ4v) is 1.25. The summed E-state index contributed by atoms with van der Waals surface area (Å²) in [6.07, 6.45) is 0. The minimum Gasteiger partial charge on any atom is -0.549 e. The minimum atomic E-state index is -1.26. The van der Waals surface area contributed by atoms with Gasteiger partial charge in [-0.1, -0.05) is 0 Å². The van der Waals surface area contributed by atoms with E-state index in [1.54, 1.807) is 0 Å². The van der Waals surface area contributed by atoms with Crippen LogP contribution in [0.2, 0.25) is 0 Å². The molecular weight excluding hydrogens is 208 g/mol. The average Bonchev–Trinajstić information content (AvgIpc) is 1.87. The number of hydrogen-bond acceptors (Lipinski definition) is 5. The van der Waals surface area contributed by atoms with Crippen molar-refractivity contribution < 1.29 is 19.8 Å². The SMILES string of the molecule is CC(SC(C)C(=O)[O-])C(=O)[O-].[Ca+2]. The maximum atomic E-state index is 10.1. The maximum Gasteiger partial charge on any atom is 2.00 e. The number of hydrogen-bond donors (Lipinski definition) is 0. The Bertz CT molecular complexity index is 155. The Labute approximate surface area is 105 Å². The summed E-state index contributed by atoms with van der Waals surface area (Å²) in [6.45, 7) is 2.75. The molecule has 0 heterocycles. The Morgan fingerprint density at radius 2 is 1.33 bits per heavy atom. The molecule has 0 aromatic heterocycles. The first-order valence-corrected chi connectivity index (χ1v) is 3.96. The zero-order valence-corrected chi connectivity index (χ0v) is 9.93. The van der Waals surface area contributed by atoms with E-state index in [1.165, 1.54) is 13.8 Å². The molecule has 4 nitrogen and oxygen atoms in total. The molecule has 0 radical (unpaired) electrons. The van der Waals surface area contributed by atoms with E-state index in [2.05, 4.69) is 0 Å². The van der Waals surface area contributed by atoms with Crippen molar-refractivity contribution in [3.63, 3.8) is 0 Å². The van der Waals surface area contributed by atoms with Crippen molar-refractivity contribution in [3.8, 4) is 0 Å². The third-order valence-electron chi connectivity index (χ3n) is 1.07. The van der Waals surface area contributed by atoms with Crippen LogP contribution in [0.15, 0.2) is 0 Å². The molecule has 0 saturated heterocycles. The fourth-order valence-electron chi connectivity index (χ4n) is 0.417. The van der Waals surface area contributed by atoms with Crippen LogP contribution in [-0.4, -0.2) is 60.2 Å². The van der Waals surface area contributed by atoms with Crippen molar-refractivity contribution in [2.75, 3.05) is 0 Å². The van der Waals surface area contributed by atoms with Crippen LogP contribution in [0.5, 0.6) is 0 Å². The van der Waals surface area contributed by atoms with Crippen LogP contribution in [0.1, 0.15) is 13.8 Å². The molecule has 0 rings (SSSR count). The molecule has 12 heavy (non-hydrogen) atoms. The van der Waals surface area contributed by atoms with E-state index >= 15 is 0 Å². The van der Waals surface area contributed by atoms with Crippen LogP contribution in [0.4, 0.5) is 0 Å². The summed E-state index contributed by atoms with van der Waals surface area (Å²) >= 11 is 0.792. The molecule has 0 fully saturated rings. The summed E-state index contributed by atoms with van der Waals surface area (Å²) in [5.74, 6) is -2.52. The van der Waals surface area contributed by atoms with E-state index in [4.69, 9.17) is 0 Å². The van der Waals surface area contributed by atoms with E-state index in [0.717, 1.165) is 11.8 Å². The number of thioether (sulfide) groups is 1. The molecule has 0 N–H and O–H groups in total. The van der Waals surface area contributed by atoms with E-state index in [0.29, 0.717) is 0 Å². The van der Waals surface area contributed by atoms with Crippen LogP contribution < -0.4 is 10.2 Å². The summed E-state index contributed by atoms with van der Waals surface area (Å²) in [6, 6.07) is 0. The summed E-state index contributed by atoms with van der Waals surface area (Å²) < 4.78 is 0. The van der Waals surface area contributed by atoms with Crippen LogP contribution in [0, 0.1) is 0 Å². The molecule has 6 heteroatoms. The molecule has 0 aliphatic heterocycles. The first-order chi connectivity index (χ1) is 4.95. The molecule has 0 saturated carbocycles. The number of carbonyl (C=O) groups is 2. The monoisotopic (exact) mass is 216 g/mol. The van der Waals surface area contributed by atoms with Gasteiger partial charge in [0.05, 0.1) is 11.9 Å². The molecule has 2 atom stereocenters. The Balaban J connectivity index is 0. The average molecular weight is 216 g/mol. The summed E-state index contributed by atoms with van der Waals surface area (Å²) in [7, 11) is 0. The second-order valence-corrected chi connectivity index (χ2v) is 3.74. The van der Waals surface area contributed by atoms with Gasteiger partial charge in [0.25, 0.3) is 0 Å². The van der Waals surface area contributed by atoms with Crippen molar-refractivity contribution >= 4 is 61.4 Å². The molecular formula is C6H8CaO4S. The number of carboxylic acid groups (broad SMARTS) is 2. The summed E-state index contributed by atoms with van der Waals surface area (Å²) in [4.78, 5) is 20.2. The van der Waals surface area contributed by atoms with Gasteiger partial charge in [0.15, 0.2) is 0 Å². The molecule has 64 valence electrons. The van der Waals surface area contributed by atoms with Gasteiger partial charge in [-0.2, -0.15) is 0 Å². The Hall–Kier alpha value is 0.550. The van der Waals surface area contributed by atoms with Gasteiger partial charge >= 0.3 is 37.7 Å². The Morgan fingerprint density at radius 3 is 1.50 bits per heavy atom. The van der Waals surface area contributed by atoms with Crippen molar-refractivity contribution in [1.82, 2.24) is 0 Å². The standard InChI is InChI=1S/C6H10O4S.Ca/c1-3(5(7)8)11-4(2)6(9)10;/h3-4H,1-2H3,(H,7,8)(H,9,10);/q;+2/p-2. The van der Waals surface area contributed by atoms with Gasteiger partial charge in [0.1, 0.15) is 0 Å². The predicted molar refractivity (Wildman–Crippen MR) is 42.3 cm³/mol. The van der Waals surface area contributed by atoms with Crippen molar-refractivity contribution in [2.24, 2.45) is 0 Å². The quantitative estimate of drug-likeness (QED) is 0.490. The molecule has 0 aromatic rings. The van der Waals surface area contributed by atoms with E-state index in [9.17, 15) is 19.8 Å². The topological polar surface area (TPSA) is 80.3 Å². The molecule has 0 aliphatic carbocycles.